The molecule has 0 saturated heterocycles. The van der Waals surface area contributed by atoms with E-state index in [9.17, 15) is 4.79 Å². The molecule has 0 radical (unpaired) electrons. The zero-order valence-corrected chi connectivity index (χ0v) is 13.2. The van der Waals surface area contributed by atoms with E-state index in [2.05, 4.69) is 34.6 Å². The standard InChI is InChI=1S/C18H16N2O2S/c21-16(22)11-15-12-23-18(19-15)20-17(13-7-3-1-4-8-13)14-9-5-2-6-10-14/h1-10,12,17H,11H2,(H,19,20)(H,21,22). The number of nitrogens with zero attached hydrogens (tertiary/aromatic N) is 1. The van der Waals surface area contributed by atoms with Crippen LogP contribution in [0.15, 0.2) is 66.0 Å². The Kier molecular flexibility index (Phi) is 4.68. The van der Waals surface area contributed by atoms with Gasteiger partial charge < -0.3 is 10.4 Å². The van der Waals surface area contributed by atoms with E-state index in [1.165, 1.54) is 11.3 Å². The van der Waals surface area contributed by atoms with E-state index in [1.54, 1.807) is 5.38 Å². The number of thiazole rings is 1. The zero-order chi connectivity index (χ0) is 16.1. The number of carbonyl (C=O) groups is 1. The van der Waals surface area contributed by atoms with Crippen LogP contribution >= 0.6 is 11.3 Å². The molecule has 0 fully saturated rings. The third kappa shape index (κ3) is 3.96. The fraction of sp³-hybridized carbons (Fsp3) is 0.111. The number of aliphatic carboxylic acids is 1. The molecule has 0 amide bonds. The van der Waals surface area contributed by atoms with E-state index in [1.807, 2.05) is 36.4 Å². The van der Waals surface area contributed by atoms with Crippen LogP contribution in [0.4, 0.5) is 5.13 Å². The lowest BCUT2D eigenvalue weighted by Crippen LogP contribution is -2.12. The molecule has 4 nitrogen and oxygen atoms in total. The van der Waals surface area contributed by atoms with Crippen LogP contribution in [-0.4, -0.2) is 16.1 Å². The first-order chi connectivity index (χ1) is 11.2. The Morgan fingerprint density at radius 3 is 2.13 bits per heavy atom. The molecule has 0 saturated carbocycles. The first kappa shape index (κ1) is 15.2. The number of carboxylic acids is 1. The van der Waals surface area contributed by atoms with Gasteiger partial charge in [0.2, 0.25) is 0 Å². The highest BCUT2D eigenvalue weighted by Gasteiger charge is 2.15. The second-order valence-corrected chi connectivity index (χ2v) is 5.97. The molecular weight excluding hydrogens is 308 g/mol. The Hall–Kier alpha value is -2.66. The number of anilines is 1. The van der Waals surface area contributed by atoms with Gasteiger partial charge in [0.1, 0.15) is 0 Å². The van der Waals surface area contributed by atoms with E-state index in [0.717, 1.165) is 16.3 Å². The van der Waals surface area contributed by atoms with Gasteiger partial charge in [-0.2, -0.15) is 0 Å². The van der Waals surface area contributed by atoms with Gasteiger partial charge in [-0.05, 0) is 11.1 Å². The van der Waals surface area contributed by atoms with Crippen molar-refractivity contribution in [2.75, 3.05) is 5.32 Å². The monoisotopic (exact) mass is 324 g/mol. The molecule has 116 valence electrons. The normalized spacial score (nSPS) is 10.7. The molecule has 3 rings (SSSR count). The van der Waals surface area contributed by atoms with E-state index in [-0.39, 0.29) is 12.5 Å². The minimum Gasteiger partial charge on any atom is -0.481 e. The SMILES string of the molecule is O=C(O)Cc1csc(NC(c2ccccc2)c2ccccc2)n1. The van der Waals surface area contributed by atoms with Crippen molar-refractivity contribution in [1.29, 1.82) is 0 Å². The van der Waals surface area contributed by atoms with E-state index in [4.69, 9.17) is 5.11 Å². The summed E-state index contributed by atoms with van der Waals surface area (Å²) in [5, 5.41) is 14.8. The molecule has 0 bridgehead atoms. The van der Waals surface area contributed by atoms with Gasteiger partial charge in [-0.1, -0.05) is 60.7 Å². The van der Waals surface area contributed by atoms with Gasteiger partial charge in [-0.3, -0.25) is 4.79 Å². The zero-order valence-electron chi connectivity index (χ0n) is 12.3. The molecule has 0 unspecified atom stereocenters. The minimum atomic E-state index is -0.871. The van der Waals surface area contributed by atoms with Crippen LogP contribution in [-0.2, 0) is 11.2 Å². The van der Waals surface area contributed by atoms with E-state index >= 15 is 0 Å². The number of nitrogens with one attached hydrogen (secondary N) is 1. The third-order valence-corrected chi connectivity index (χ3v) is 4.24. The van der Waals surface area contributed by atoms with Crippen molar-refractivity contribution in [3.05, 3.63) is 82.9 Å². The molecule has 0 aliphatic carbocycles. The van der Waals surface area contributed by atoms with Crippen LogP contribution in [0.1, 0.15) is 22.9 Å². The van der Waals surface area contributed by atoms with Crippen LogP contribution in [0.2, 0.25) is 0 Å². The van der Waals surface area contributed by atoms with E-state index < -0.39 is 5.97 Å². The second kappa shape index (κ2) is 7.07. The number of hydrogen-bond donors (Lipinski definition) is 2. The van der Waals surface area contributed by atoms with Gasteiger partial charge in [0.15, 0.2) is 5.13 Å². The summed E-state index contributed by atoms with van der Waals surface area (Å²) in [6.45, 7) is 0. The summed E-state index contributed by atoms with van der Waals surface area (Å²) >= 11 is 1.42. The lowest BCUT2D eigenvalue weighted by Gasteiger charge is -2.19. The molecule has 1 heterocycles. The smallest absolute Gasteiger partial charge is 0.309 e. The molecule has 3 aromatic rings. The summed E-state index contributed by atoms with van der Waals surface area (Å²) in [6, 6.07) is 20.2. The summed E-state index contributed by atoms with van der Waals surface area (Å²) in [6.07, 6.45) is -0.0560. The first-order valence-electron chi connectivity index (χ1n) is 7.25. The molecule has 5 heteroatoms. The van der Waals surface area contributed by atoms with Crippen LogP contribution in [0.5, 0.6) is 0 Å². The van der Waals surface area contributed by atoms with Crippen LogP contribution in [0, 0.1) is 0 Å². The highest BCUT2D eigenvalue weighted by atomic mass is 32.1. The minimum absolute atomic E-state index is 0.0266. The molecule has 0 aliphatic heterocycles. The molecule has 23 heavy (non-hydrogen) atoms. The van der Waals surface area contributed by atoms with Gasteiger partial charge in [0.25, 0.3) is 0 Å². The predicted molar refractivity (Wildman–Crippen MR) is 91.8 cm³/mol. The van der Waals surface area contributed by atoms with Gasteiger partial charge in [-0.15, -0.1) is 11.3 Å². The maximum Gasteiger partial charge on any atom is 0.309 e. The summed E-state index contributed by atoms with van der Waals surface area (Å²) in [4.78, 5) is 15.2. The Balaban J connectivity index is 1.87. The van der Waals surface area contributed by atoms with Crippen molar-refractivity contribution in [2.24, 2.45) is 0 Å². The molecular formula is C18H16N2O2S. The summed E-state index contributed by atoms with van der Waals surface area (Å²) in [5.74, 6) is -0.871. The number of benzene rings is 2. The van der Waals surface area contributed by atoms with Crippen molar-refractivity contribution >= 4 is 22.4 Å². The number of carboxylic acid groups (broad SMARTS) is 1. The Morgan fingerprint density at radius 1 is 1.04 bits per heavy atom. The Morgan fingerprint density at radius 2 is 1.61 bits per heavy atom. The number of aromatic nitrogens is 1. The molecule has 2 N–H and O–H groups in total. The third-order valence-electron chi connectivity index (χ3n) is 3.42. The number of hydrogen-bond acceptors (Lipinski definition) is 4. The molecule has 0 atom stereocenters. The van der Waals surface area contributed by atoms with Crippen LogP contribution in [0.25, 0.3) is 0 Å². The van der Waals surface area contributed by atoms with Gasteiger partial charge in [0.05, 0.1) is 18.2 Å². The Bertz CT molecular complexity index is 732. The van der Waals surface area contributed by atoms with Crippen LogP contribution in [0.3, 0.4) is 0 Å². The van der Waals surface area contributed by atoms with Gasteiger partial charge in [-0.25, -0.2) is 4.98 Å². The maximum atomic E-state index is 10.8. The highest BCUT2D eigenvalue weighted by molar-refractivity contribution is 7.13. The predicted octanol–water partition coefficient (Wildman–Crippen LogP) is 3.97. The average molecular weight is 324 g/mol. The fourth-order valence-electron chi connectivity index (χ4n) is 2.38. The van der Waals surface area contributed by atoms with E-state index in [0.29, 0.717) is 5.69 Å². The topological polar surface area (TPSA) is 62.2 Å². The quantitative estimate of drug-likeness (QED) is 0.720. The summed E-state index contributed by atoms with van der Waals surface area (Å²) < 4.78 is 0. The van der Waals surface area contributed by atoms with Gasteiger partial charge >= 0.3 is 5.97 Å². The van der Waals surface area contributed by atoms with Crippen molar-refractivity contribution < 1.29 is 9.90 Å². The van der Waals surface area contributed by atoms with Crippen LogP contribution < -0.4 is 5.32 Å². The Labute approximate surface area is 138 Å². The molecule has 1 aromatic heterocycles. The molecule has 0 aliphatic rings. The lowest BCUT2D eigenvalue weighted by molar-refractivity contribution is -0.136. The average Bonchev–Trinajstić information content (AvgIpc) is 3.00. The van der Waals surface area contributed by atoms with Crippen molar-refractivity contribution in [3.8, 4) is 0 Å². The molecule has 0 spiro atoms. The summed E-state index contributed by atoms with van der Waals surface area (Å²) in [7, 11) is 0. The highest BCUT2D eigenvalue weighted by Crippen LogP contribution is 2.28. The lowest BCUT2D eigenvalue weighted by atomic mass is 9.99. The number of rotatable bonds is 6. The van der Waals surface area contributed by atoms with Crippen molar-refractivity contribution in [1.82, 2.24) is 4.98 Å². The summed E-state index contributed by atoms with van der Waals surface area (Å²) in [5.41, 5.74) is 2.84. The van der Waals surface area contributed by atoms with Crippen molar-refractivity contribution in [2.45, 2.75) is 12.5 Å². The molecule has 2 aromatic carbocycles. The fourth-order valence-corrected chi connectivity index (χ4v) is 3.12. The first-order valence-corrected chi connectivity index (χ1v) is 8.13. The second-order valence-electron chi connectivity index (χ2n) is 5.11. The largest absolute Gasteiger partial charge is 0.481 e. The van der Waals surface area contributed by atoms with Crippen molar-refractivity contribution in [3.63, 3.8) is 0 Å². The van der Waals surface area contributed by atoms with Gasteiger partial charge in [0, 0.05) is 5.38 Å². The maximum absolute atomic E-state index is 10.8.